The number of esters is 1. The maximum absolute atomic E-state index is 13.1. The third-order valence-corrected chi connectivity index (χ3v) is 5.33. The monoisotopic (exact) mass is 469 g/mol. The largest absolute Gasteiger partial charge is 0.451 e. The van der Waals surface area contributed by atoms with Gasteiger partial charge in [-0.1, -0.05) is 18.2 Å². The number of carbonyl (C=O) groups excluding carboxylic acids is 2. The van der Waals surface area contributed by atoms with Crippen LogP contribution in [0.25, 0.3) is 16.7 Å². The average molecular weight is 469 g/mol. The number of para-hydroxylation sites is 1. The van der Waals surface area contributed by atoms with Crippen molar-refractivity contribution >= 4 is 22.7 Å². The van der Waals surface area contributed by atoms with Gasteiger partial charge >= 0.3 is 12.1 Å². The second-order valence-electron chi connectivity index (χ2n) is 7.64. The van der Waals surface area contributed by atoms with E-state index in [1.165, 1.54) is 28.8 Å². The van der Waals surface area contributed by atoms with E-state index in [0.717, 1.165) is 18.2 Å². The van der Waals surface area contributed by atoms with Crippen LogP contribution in [0.4, 0.5) is 13.2 Å². The molecule has 0 saturated carbocycles. The van der Waals surface area contributed by atoms with E-state index in [1.54, 1.807) is 32.0 Å². The summed E-state index contributed by atoms with van der Waals surface area (Å²) in [4.78, 5) is 37.3. The Kier molecular flexibility index (Phi) is 5.87. The maximum atomic E-state index is 13.1. The number of aromatic nitrogens is 1. The molecular formula is C25H18F3NO5. The van der Waals surface area contributed by atoms with Gasteiger partial charge in [0.25, 0.3) is 0 Å². The summed E-state index contributed by atoms with van der Waals surface area (Å²) in [7, 11) is 0. The lowest BCUT2D eigenvalue weighted by molar-refractivity contribution is -0.137. The van der Waals surface area contributed by atoms with Crippen LogP contribution in [0.3, 0.4) is 0 Å². The molecule has 0 aliphatic rings. The number of benzene rings is 2. The van der Waals surface area contributed by atoms with Crippen LogP contribution in [0.2, 0.25) is 0 Å². The number of Topliss-reactive ketones (excluding diaryl/α,β-unsaturated/α-hetero) is 1. The van der Waals surface area contributed by atoms with Gasteiger partial charge in [-0.3, -0.25) is 9.59 Å². The normalized spacial score (nSPS) is 11.6. The number of hydrogen-bond donors (Lipinski definition) is 0. The number of aryl methyl sites for hydroxylation is 1. The van der Waals surface area contributed by atoms with Gasteiger partial charge < -0.3 is 13.7 Å². The molecule has 0 spiro atoms. The number of halogens is 3. The number of ketones is 1. The third kappa shape index (κ3) is 4.36. The van der Waals surface area contributed by atoms with E-state index in [2.05, 4.69) is 0 Å². The predicted octanol–water partition coefficient (Wildman–Crippen LogP) is 5.26. The highest BCUT2D eigenvalue weighted by molar-refractivity contribution is 6.00. The van der Waals surface area contributed by atoms with Gasteiger partial charge in [0.2, 0.25) is 11.5 Å². The molecule has 0 bridgehead atoms. The van der Waals surface area contributed by atoms with Gasteiger partial charge in [-0.2, -0.15) is 13.2 Å². The number of carbonyl (C=O) groups is 2. The first-order valence-corrected chi connectivity index (χ1v) is 10.2. The molecule has 174 valence electrons. The molecule has 4 aromatic rings. The van der Waals surface area contributed by atoms with E-state index in [-0.39, 0.29) is 22.6 Å². The Balaban J connectivity index is 1.55. The Hall–Kier alpha value is -4.14. The Labute approximate surface area is 191 Å². The van der Waals surface area contributed by atoms with Gasteiger partial charge in [0.05, 0.1) is 10.9 Å². The molecule has 9 heteroatoms. The lowest BCUT2D eigenvalue weighted by atomic mass is 10.1. The summed E-state index contributed by atoms with van der Waals surface area (Å²) in [6.45, 7) is 2.60. The first kappa shape index (κ1) is 23.0. The first-order valence-electron chi connectivity index (χ1n) is 10.2. The van der Waals surface area contributed by atoms with E-state index >= 15 is 0 Å². The average Bonchev–Trinajstić information content (AvgIpc) is 3.10. The fourth-order valence-electron chi connectivity index (χ4n) is 3.75. The van der Waals surface area contributed by atoms with Crippen molar-refractivity contribution in [3.05, 3.63) is 99.2 Å². The fourth-order valence-corrected chi connectivity index (χ4v) is 3.75. The second kappa shape index (κ2) is 8.66. The molecular weight excluding hydrogens is 451 g/mol. The number of fused-ring (bicyclic) bond motifs is 1. The molecule has 2 aromatic carbocycles. The zero-order chi connectivity index (χ0) is 24.6. The van der Waals surface area contributed by atoms with Crippen molar-refractivity contribution in [2.45, 2.75) is 20.0 Å². The van der Waals surface area contributed by atoms with Gasteiger partial charge in [-0.05, 0) is 50.2 Å². The van der Waals surface area contributed by atoms with Crippen LogP contribution in [0.5, 0.6) is 0 Å². The van der Waals surface area contributed by atoms with Crippen LogP contribution in [0.15, 0.2) is 69.9 Å². The molecule has 0 N–H and O–H groups in total. The highest BCUT2D eigenvalue weighted by atomic mass is 19.4. The fraction of sp³-hybridized carbons (Fsp3) is 0.160. The van der Waals surface area contributed by atoms with Crippen molar-refractivity contribution in [2.24, 2.45) is 0 Å². The standard InChI is InChI=1S/C25H18F3NO5/c1-14-10-19(15(2)29(14)17-7-5-6-16(11-17)25(26,27)28)21(31)13-33-24(32)23-12-20(30)18-8-3-4-9-22(18)34-23/h3-12H,13H2,1-2H3. The molecule has 0 unspecified atom stereocenters. The number of alkyl halides is 3. The number of hydrogen-bond acceptors (Lipinski definition) is 5. The Morgan fingerprint density at radius 1 is 1.00 bits per heavy atom. The van der Waals surface area contributed by atoms with Crippen molar-refractivity contribution in [1.82, 2.24) is 4.57 Å². The molecule has 0 fully saturated rings. The minimum absolute atomic E-state index is 0.197. The summed E-state index contributed by atoms with van der Waals surface area (Å²) in [6, 6.07) is 13.7. The van der Waals surface area contributed by atoms with Crippen molar-refractivity contribution in [3.63, 3.8) is 0 Å². The van der Waals surface area contributed by atoms with Gasteiger partial charge in [0.15, 0.2) is 12.0 Å². The second-order valence-corrected chi connectivity index (χ2v) is 7.64. The van der Waals surface area contributed by atoms with E-state index in [1.807, 2.05) is 0 Å². The molecule has 0 saturated heterocycles. The van der Waals surface area contributed by atoms with Crippen LogP contribution in [0.1, 0.15) is 37.9 Å². The maximum Gasteiger partial charge on any atom is 0.416 e. The summed E-state index contributed by atoms with van der Waals surface area (Å²) >= 11 is 0. The van der Waals surface area contributed by atoms with Crippen LogP contribution in [-0.2, 0) is 10.9 Å². The molecule has 4 rings (SSSR count). The molecule has 0 amide bonds. The molecule has 0 atom stereocenters. The zero-order valence-corrected chi connectivity index (χ0v) is 18.1. The molecule has 2 aromatic heterocycles. The quantitative estimate of drug-likeness (QED) is 0.294. The van der Waals surface area contributed by atoms with Crippen molar-refractivity contribution in [2.75, 3.05) is 6.61 Å². The van der Waals surface area contributed by atoms with E-state index in [0.29, 0.717) is 16.8 Å². The highest BCUT2D eigenvalue weighted by Gasteiger charge is 2.31. The van der Waals surface area contributed by atoms with Crippen molar-refractivity contribution in [3.8, 4) is 5.69 Å². The van der Waals surface area contributed by atoms with Gasteiger partial charge in [-0.15, -0.1) is 0 Å². The minimum atomic E-state index is -4.50. The van der Waals surface area contributed by atoms with Gasteiger partial charge in [-0.25, -0.2) is 4.79 Å². The lowest BCUT2D eigenvalue weighted by Gasteiger charge is -2.13. The molecule has 2 heterocycles. The smallest absolute Gasteiger partial charge is 0.416 e. The van der Waals surface area contributed by atoms with E-state index in [4.69, 9.17) is 9.15 Å². The first-order chi connectivity index (χ1) is 16.1. The minimum Gasteiger partial charge on any atom is -0.451 e. The predicted molar refractivity (Wildman–Crippen MR) is 117 cm³/mol. The molecule has 34 heavy (non-hydrogen) atoms. The SMILES string of the molecule is Cc1cc(C(=O)COC(=O)c2cc(=O)c3ccccc3o2)c(C)n1-c1cccc(C(F)(F)F)c1. The number of nitrogens with zero attached hydrogens (tertiary/aromatic N) is 1. The van der Waals surface area contributed by atoms with Crippen LogP contribution < -0.4 is 5.43 Å². The Morgan fingerprint density at radius 3 is 2.47 bits per heavy atom. The third-order valence-electron chi connectivity index (χ3n) is 5.33. The molecule has 6 nitrogen and oxygen atoms in total. The number of ether oxygens (including phenoxy) is 1. The molecule has 0 aliphatic carbocycles. The summed E-state index contributed by atoms with van der Waals surface area (Å²) in [5, 5.41) is 0.303. The van der Waals surface area contributed by atoms with Gasteiger partial charge in [0, 0.05) is 28.7 Å². The summed E-state index contributed by atoms with van der Waals surface area (Å²) in [5.74, 6) is -1.88. The summed E-state index contributed by atoms with van der Waals surface area (Å²) in [6.07, 6.45) is -4.50. The number of rotatable bonds is 5. The Bertz CT molecular complexity index is 1480. The summed E-state index contributed by atoms with van der Waals surface area (Å²) in [5.41, 5.74) is 0.350. The highest BCUT2D eigenvalue weighted by Crippen LogP contribution is 2.31. The van der Waals surface area contributed by atoms with Gasteiger partial charge in [0.1, 0.15) is 5.58 Å². The van der Waals surface area contributed by atoms with Crippen molar-refractivity contribution in [1.29, 1.82) is 0 Å². The van der Waals surface area contributed by atoms with E-state index < -0.39 is 35.5 Å². The molecule has 0 radical (unpaired) electrons. The summed E-state index contributed by atoms with van der Waals surface area (Å²) < 4.78 is 51.3. The lowest BCUT2D eigenvalue weighted by Crippen LogP contribution is -2.16. The van der Waals surface area contributed by atoms with Crippen LogP contribution in [0, 0.1) is 13.8 Å². The zero-order valence-electron chi connectivity index (χ0n) is 18.1. The topological polar surface area (TPSA) is 78.5 Å². The van der Waals surface area contributed by atoms with Crippen LogP contribution in [-0.4, -0.2) is 22.9 Å². The van der Waals surface area contributed by atoms with Crippen LogP contribution >= 0.6 is 0 Å². The van der Waals surface area contributed by atoms with E-state index in [9.17, 15) is 27.6 Å². The molecule has 0 aliphatic heterocycles. The van der Waals surface area contributed by atoms with Crippen molar-refractivity contribution < 1.29 is 31.9 Å². The Morgan fingerprint density at radius 2 is 1.74 bits per heavy atom.